The standard InChI is InChI=1S/C9H13NOS2/c1-4-12-5-8-10-6(2)9(13-8)7(3)11/h4-5H2,1-3H3. The first kappa shape index (κ1) is 10.7. The molecule has 1 rings (SSSR count). The molecule has 0 unspecified atom stereocenters. The number of thioether (sulfide) groups is 1. The van der Waals surface area contributed by atoms with Gasteiger partial charge in [-0.25, -0.2) is 4.98 Å². The van der Waals surface area contributed by atoms with Gasteiger partial charge in [0, 0.05) is 12.7 Å². The molecule has 4 heteroatoms. The first-order chi connectivity index (χ1) is 6.15. The molecule has 0 N–H and O–H groups in total. The molecule has 2 nitrogen and oxygen atoms in total. The van der Waals surface area contributed by atoms with Gasteiger partial charge in [-0.3, -0.25) is 4.79 Å². The lowest BCUT2D eigenvalue weighted by Gasteiger charge is -1.90. The summed E-state index contributed by atoms with van der Waals surface area (Å²) < 4.78 is 0. The van der Waals surface area contributed by atoms with E-state index >= 15 is 0 Å². The highest BCUT2D eigenvalue weighted by Gasteiger charge is 2.10. The molecule has 13 heavy (non-hydrogen) atoms. The number of aryl methyl sites for hydroxylation is 1. The van der Waals surface area contributed by atoms with Crippen LogP contribution in [0.5, 0.6) is 0 Å². The minimum Gasteiger partial charge on any atom is -0.294 e. The molecular formula is C9H13NOS2. The maximum absolute atomic E-state index is 11.1. The zero-order valence-corrected chi connectivity index (χ0v) is 9.72. The molecule has 0 aliphatic carbocycles. The van der Waals surface area contributed by atoms with Crippen molar-refractivity contribution in [3.8, 4) is 0 Å². The zero-order chi connectivity index (χ0) is 9.84. The van der Waals surface area contributed by atoms with E-state index in [1.165, 1.54) is 11.3 Å². The van der Waals surface area contributed by atoms with Crippen LogP contribution in [0.15, 0.2) is 0 Å². The van der Waals surface area contributed by atoms with Crippen LogP contribution < -0.4 is 0 Å². The summed E-state index contributed by atoms with van der Waals surface area (Å²) in [6, 6.07) is 0. The van der Waals surface area contributed by atoms with Gasteiger partial charge in [0.1, 0.15) is 5.01 Å². The molecule has 72 valence electrons. The van der Waals surface area contributed by atoms with Gasteiger partial charge in [-0.1, -0.05) is 6.92 Å². The SMILES string of the molecule is CCSCc1nc(C)c(C(C)=O)s1. The van der Waals surface area contributed by atoms with Gasteiger partial charge < -0.3 is 0 Å². The Morgan fingerprint density at radius 3 is 2.77 bits per heavy atom. The van der Waals surface area contributed by atoms with Gasteiger partial charge in [-0.05, 0) is 12.7 Å². The van der Waals surface area contributed by atoms with Crippen LogP contribution in [0.1, 0.15) is 34.2 Å². The van der Waals surface area contributed by atoms with E-state index in [4.69, 9.17) is 0 Å². The number of nitrogens with zero attached hydrogens (tertiary/aromatic N) is 1. The summed E-state index contributed by atoms with van der Waals surface area (Å²) in [5, 5.41) is 1.06. The molecule has 0 aliphatic heterocycles. The van der Waals surface area contributed by atoms with Crippen LogP contribution in [0.2, 0.25) is 0 Å². The molecule has 0 saturated heterocycles. The predicted molar refractivity (Wildman–Crippen MR) is 58.7 cm³/mol. The van der Waals surface area contributed by atoms with Crippen molar-refractivity contribution < 1.29 is 4.79 Å². The molecule has 0 aliphatic rings. The summed E-state index contributed by atoms with van der Waals surface area (Å²) in [6.45, 7) is 5.61. The maximum Gasteiger partial charge on any atom is 0.171 e. The quantitative estimate of drug-likeness (QED) is 0.723. The summed E-state index contributed by atoms with van der Waals surface area (Å²) >= 11 is 3.36. The van der Waals surface area contributed by atoms with Crippen molar-refractivity contribution in [1.82, 2.24) is 4.98 Å². The summed E-state index contributed by atoms with van der Waals surface area (Å²) in [4.78, 5) is 16.3. The zero-order valence-electron chi connectivity index (χ0n) is 8.09. The van der Waals surface area contributed by atoms with Gasteiger partial charge in [-0.15, -0.1) is 11.3 Å². The summed E-state index contributed by atoms with van der Waals surface area (Å²) in [7, 11) is 0. The van der Waals surface area contributed by atoms with Crippen molar-refractivity contribution in [3.05, 3.63) is 15.6 Å². The molecule has 0 radical (unpaired) electrons. The second-order valence-corrected chi connectivity index (χ2v) is 5.07. The third-order valence-electron chi connectivity index (χ3n) is 1.59. The number of hydrogen-bond acceptors (Lipinski definition) is 4. The Balaban J connectivity index is 2.76. The second-order valence-electron chi connectivity index (χ2n) is 2.72. The number of thiazole rings is 1. The number of rotatable bonds is 4. The van der Waals surface area contributed by atoms with Crippen LogP contribution in [0.25, 0.3) is 0 Å². The van der Waals surface area contributed by atoms with Gasteiger partial charge in [0.25, 0.3) is 0 Å². The van der Waals surface area contributed by atoms with Gasteiger partial charge in [0.05, 0.1) is 10.6 Å². The lowest BCUT2D eigenvalue weighted by molar-refractivity contribution is 0.102. The number of aromatic nitrogens is 1. The van der Waals surface area contributed by atoms with Gasteiger partial charge in [0.2, 0.25) is 0 Å². The van der Waals surface area contributed by atoms with E-state index in [-0.39, 0.29) is 5.78 Å². The summed E-state index contributed by atoms with van der Waals surface area (Å²) in [5.41, 5.74) is 0.879. The number of carbonyl (C=O) groups excluding carboxylic acids is 1. The molecule has 0 bridgehead atoms. The normalized spacial score (nSPS) is 10.4. The minimum absolute atomic E-state index is 0.128. The van der Waals surface area contributed by atoms with E-state index in [1.54, 1.807) is 6.92 Å². The van der Waals surface area contributed by atoms with Crippen molar-refractivity contribution in [2.75, 3.05) is 5.75 Å². The third kappa shape index (κ3) is 2.81. The highest BCUT2D eigenvalue weighted by atomic mass is 32.2. The second kappa shape index (κ2) is 4.77. The lowest BCUT2D eigenvalue weighted by atomic mass is 10.3. The van der Waals surface area contributed by atoms with Crippen LogP contribution in [-0.2, 0) is 5.75 Å². The molecular weight excluding hydrogens is 202 g/mol. The van der Waals surface area contributed by atoms with Gasteiger partial charge >= 0.3 is 0 Å². The van der Waals surface area contributed by atoms with Crippen molar-refractivity contribution in [2.24, 2.45) is 0 Å². The van der Waals surface area contributed by atoms with E-state index in [0.29, 0.717) is 0 Å². The van der Waals surface area contributed by atoms with Crippen LogP contribution in [0.4, 0.5) is 0 Å². The van der Waals surface area contributed by atoms with Crippen LogP contribution in [-0.4, -0.2) is 16.5 Å². The van der Waals surface area contributed by atoms with E-state index in [0.717, 1.165) is 27.1 Å². The smallest absolute Gasteiger partial charge is 0.171 e. The molecule has 0 saturated carbocycles. The third-order valence-corrected chi connectivity index (χ3v) is 3.92. The Bertz CT molecular complexity index is 307. The van der Waals surface area contributed by atoms with E-state index in [1.807, 2.05) is 18.7 Å². The number of ketones is 1. The van der Waals surface area contributed by atoms with E-state index < -0.39 is 0 Å². The summed E-state index contributed by atoms with van der Waals surface area (Å²) in [6.07, 6.45) is 0. The molecule has 0 atom stereocenters. The molecule has 1 aromatic heterocycles. The van der Waals surface area contributed by atoms with Crippen LogP contribution >= 0.6 is 23.1 Å². The molecule has 0 spiro atoms. The summed E-state index contributed by atoms with van der Waals surface area (Å²) in [5.74, 6) is 2.14. The molecule has 1 aromatic rings. The fraction of sp³-hybridized carbons (Fsp3) is 0.556. The fourth-order valence-electron chi connectivity index (χ4n) is 1.03. The number of hydrogen-bond donors (Lipinski definition) is 0. The molecule has 0 fully saturated rings. The van der Waals surface area contributed by atoms with Crippen LogP contribution in [0.3, 0.4) is 0 Å². The lowest BCUT2D eigenvalue weighted by Crippen LogP contribution is -1.89. The molecule has 1 heterocycles. The Labute approximate surface area is 86.8 Å². The topological polar surface area (TPSA) is 30.0 Å². The minimum atomic E-state index is 0.128. The fourth-order valence-corrected chi connectivity index (χ4v) is 2.71. The first-order valence-electron chi connectivity index (χ1n) is 4.20. The van der Waals surface area contributed by atoms with Crippen molar-refractivity contribution in [3.63, 3.8) is 0 Å². The van der Waals surface area contributed by atoms with E-state index in [2.05, 4.69) is 11.9 Å². The maximum atomic E-state index is 11.1. The Hall–Kier alpha value is -0.350. The Morgan fingerprint density at radius 1 is 1.62 bits per heavy atom. The first-order valence-corrected chi connectivity index (χ1v) is 6.17. The highest BCUT2D eigenvalue weighted by Crippen LogP contribution is 2.22. The predicted octanol–water partition coefficient (Wildman–Crippen LogP) is 2.91. The van der Waals surface area contributed by atoms with Gasteiger partial charge in [0.15, 0.2) is 5.78 Å². The van der Waals surface area contributed by atoms with Crippen molar-refractivity contribution in [1.29, 1.82) is 0 Å². The van der Waals surface area contributed by atoms with Gasteiger partial charge in [-0.2, -0.15) is 11.8 Å². The van der Waals surface area contributed by atoms with Crippen molar-refractivity contribution in [2.45, 2.75) is 26.5 Å². The monoisotopic (exact) mass is 215 g/mol. The average molecular weight is 215 g/mol. The van der Waals surface area contributed by atoms with Crippen LogP contribution in [0, 0.1) is 6.92 Å². The molecule has 0 aromatic carbocycles. The Kier molecular flexibility index (Phi) is 3.93. The van der Waals surface area contributed by atoms with Crippen molar-refractivity contribution >= 4 is 28.9 Å². The van der Waals surface area contributed by atoms with E-state index in [9.17, 15) is 4.79 Å². The largest absolute Gasteiger partial charge is 0.294 e. The number of carbonyl (C=O) groups is 1. The average Bonchev–Trinajstić information content (AvgIpc) is 2.43. The highest BCUT2D eigenvalue weighted by molar-refractivity contribution is 7.98. The number of Topliss-reactive ketones (excluding diaryl/α,β-unsaturated/α-hetero) is 1. The Morgan fingerprint density at radius 2 is 2.31 bits per heavy atom. The molecule has 0 amide bonds.